The van der Waals surface area contributed by atoms with E-state index in [1.54, 1.807) is 6.07 Å². The second-order valence-electron chi connectivity index (χ2n) is 9.57. The summed E-state index contributed by atoms with van der Waals surface area (Å²) in [6.45, 7) is -0.149. The molecule has 0 aromatic heterocycles. The summed E-state index contributed by atoms with van der Waals surface area (Å²) in [5.41, 5.74) is 0.863. The molecule has 3 rings (SSSR count). The normalized spacial score (nSPS) is 27.1. The highest BCUT2D eigenvalue weighted by Gasteiger charge is 2.31. The van der Waals surface area contributed by atoms with Gasteiger partial charge < -0.3 is 0 Å². The lowest BCUT2D eigenvalue weighted by Gasteiger charge is -2.37. The van der Waals surface area contributed by atoms with Crippen molar-refractivity contribution in [1.29, 1.82) is 0 Å². The number of hydrogen-bond donors (Lipinski definition) is 0. The molecule has 1 saturated heterocycles. The summed E-state index contributed by atoms with van der Waals surface area (Å²) in [4.78, 5) is 0. The Morgan fingerprint density at radius 2 is 1.67 bits per heavy atom. The molecule has 2 fully saturated rings. The van der Waals surface area contributed by atoms with Crippen LogP contribution >= 0.6 is 0 Å². The van der Waals surface area contributed by atoms with Crippen molar-refractivity contribution in [2.45, 2.75) is 82.3 Å². The maximum Gasteiger partial charge on any atom is 0.271 e. The maximum atomic E-state index is 14.0. The fourth-order valence-electron chi connectivity index (χ4n) is 5.76. The molecule has 1 aliphatic carbocycles. The first-order valence-electron chi connectivity index (χ1n) is 11.9. The fraction of sp³-hybridized carbons (Fsp3) is 0.680. The van der Waals surface area contributed by atoms with Gasteiger partial charge in [0.1, 0.15) is 5.82 Å². The molecular weight excluding hydrogens is 404 g/mol. The van der Waals surface area contributed by atoms with Crippen LogP contribution in [0.15, 0.2) is 24.3 Å². The first kappa shape index (κ1) is 23.6. The van der Waals surface area contributed by atoms with Crippen LogP contribution in [0.1, 0.15) is 68.9 Å². The van der Waals surface area contributed by atoms with E-state index in [0.29, 0.717) is 12.0 Å². The number of hydrogen-bond acceptors (Lipinski definition) is 0. The average Bonchev–Trinajstić information content (AvgIpc) is 2.75. The highest BCUT2D eigenvalue weighted by Crippen LogP contribution is 2.42. The predicted octanol–water partition coefficient (Wildman–Crippen LogP) is 8.19. The van der Waals surface area contributed by atoms with Crippen molar-refractivity contribution in [3.63, 3.8) is 0 Å². The molecule has 1 aromatic rings. The minimum Gasteiger partial charge on any atom is -0.251 e. The number of halogens is 4. The molecule has 0 unspecified atom stereocenters. The van der Waals surface area contributed by atoms with Crippen molar-refractivity contribution in [2.75, 3.05) is 6.67 Å². The monoisotopic (exact) mass is 440 g/mol. The van der Waals surface area contributed by atoms with E-state index in [1.807, 2.05) is 0 Å². The van der Waals surface area contributed by atoms with Crippen molar-refractivity contribution in [3.8, 4) is 0 Å². The van der Waals surface area contributed by atoms with Gasteiger partial charge in [0.2, 0.25) is 0 Å². The van der Waals surface area contributed by atoms with Gasteiger partial charge in [-0.05, 0) is 61.5 Å². The van der Waals surface area contributed by atoms with Crippen molar-refractivity contribution in [3.05, 3.63) is 41.2 Å². The number of benzene rings is 1. The highest BCUT2D eigenvalue weighted by atomic mass is 28.3. The van der Waals surface area contributed by atoms with Crippen LogP contribution in [0.25, 0.3) is 6.08 Å². The molecule has 0 radical (unpaired) electrons. The molecule has 2 aliphatic rings. The van der Waals surface area contributed by atoms with E-state index < -0.39 is 20.7 Å². The van der Waals surface area contributed by atoms with Gasteiger partial charge in [0.05, 0.1) is 6.67 Å². The second-order valence-corrected chi connectivity index (χ2v) is 13.0. The molecule has 5 heteroatoms. The Kier molecular flexibility index (Phi) is 9.48. The molecule has 1 heterocycles. The van der Waals surface area contributed by atoms with Crippen LogP contribution in [0.5, 0.6) is 0 Å². The van der Waals surface area contributed by atoms with Crippen LogP contribution in [0.4, 0.5) is 17.6 Å². The van der Waals surface area contributed by atoms with Crippen molar-refractivity contribution in [2.24, 2.45) is 17.8 Å². The molecule has 1 aliphatic heterocycles. The molecule has 1 saturated carbocycles. The van der Waals surface area contributed by atoms with Crippen molar-refractivity contribution >= 4 is 14.9 Å². The molecule has 0 N–H and O–H groups in total. The first-order chi connectivity index (χ1) is 14.5. The van der Waals surface area contributed by atoms with Crippen LogP contribution in [0.3, 0.4) is 0 Å². The summed E-state index contributed by atoms with van der Waals surface area (Å²) >= 11 is 0. The molecule has 0 amide bonds. The number of rotatable bonds is 9. The Labute approximate surface area is 180 Å². The van der Waals surface area contributed by atoms with Gasteiger partial charge in [0.25, 0.3) is 6.08 Å². The van der Waals surface area contributed by atoms with E-state index >= 15 is 0 Å². The van der Waals surface area contributed by atoms with Gasteiger partial charge in [-0.25, -0.2) is 4.39 Å². The zero-order valence-electron chi connectivity index (χ0n) is 18.0. The van der Waals surface area contributed by atoms with Gasteiger partial charge >= 0.3 is 0 Å². The van der Waals surface area contributed by atoms with Crippen molar-refractivity contribution < 1.29 is 17.6 Å². The zero-order valence-corrected chi connectivity index (χ0v) is 19.2. The van der Waals surface area contributed by atoms with Gasteiger partial charge in [0, 0.05) is 20.4 Å². The Hall–Kier alpha value is -1.10. The predicted molar refractivity (Wildman–Crippen MR) is 120 cm³/mol. The second kappa shape index (κ2) is 12.1. The minimum atomic E-state index is -1.87. The largest absolute Gasteiger partial charge is 0.271 e. The SMILES string of the molecule is FCCCC[Si@H]1CC[C@H](C2CCC(CCc3ccc(C=C(F)F)c(F)c3)CC2)CC1. The third-order valence-electron chi connectivity index (χ3n) is 7.62. The van der Waals surface area contributed by atoms with Crippen LogP contribution in [-0.4, -0.2) is 15.5 Å². The topological polar surface area (TPSA) is 0 Å². The maximum absolute atomic E-state index is 14.0. The molecule has 0 spiro atoms. The van der Waals surface area contributed by atoms with Crippen molar-refractivity contribution in [1.82, 2.24) is 0 Å². The summed E-state index contributed by atoms with van der Waals surface area (Å²) in [5.74, 6) is 1.95. The Morgan fingerprint density at radius 1 is 0.967 bits per heavy atom. The Balaban J connectivity index is 1.36. The number of alkyl halides is 1. The van der Waals surface area contributed by atoms with Crippen LogP contribution < -0.4 is 0 Å². The molecule has 168 valence electrons. The third kappa shape index (κ3) is 7.25. The van der Waals surface area contributed by atoms with E-state index in [4.69, 9.17) is 0 Å². The zero-order chi connectivity index (χ0) is 21.3. The van der Waals surface area contributed by atoms with Crippen LogP contribution in [0.2, 0.25) is 18.1 Å². The van der Waals surface area contributed by atoms with E-state index in [2.05, 4.69) is 0 Å². The molecule has 0 bridgehead atoms. The number of aryl methyl sites for hydroxylation is 1. The Morgan fingerprint density at radius 3 is 2.30 bits per heavy atom. The summed E-state index contributed by atoms with van der Waals surface area (Å²) in [6, 6.07) is 8.94. The van der Waals surface area contributed by atoms with E-state index in [0.717, 1.165) is 43.1 Å². The molecule has 0 nitrogen and oxygen atoms in total. The molecule has 30 heavy (non-hydrogen) atoms. The van der Waals surface area contributed by atoms with Crippen LogP contribution in [0, 0.1) is 23.6 Å². The first-order valence-corrected chi connectivity index (χ1v) is 14.4. The summed E-state index contributed by atoms with van der Waals surface area (Å²) in [6.07, 6.45) is 10.5. The van der Waals surface area contributed by atoms with Gasteiger partial charge in [0.15, 0.2) is 0 Å². The van der Waals surface area contributed by atoms with Gasteiger partial charge in [-0.1, -0.05) is 62.4 Å². The van der Waals surface area contributed by atoms with Gasteiger partial charge in [-0.3, -0.25) is 4.39 Å². The summed E-state index contributed by atoms with van der Waals surface area (Å²) in [7, 11) is -0.568. The van der Waals surface area contributed by atoms with Gasteiger partial charge in [-0.2, -0.15) is 8.78 Å². The molecule has 0 atom stereocenters. The third-order valence-corrected chi connectivity index (χ3v) is 11.1. The standard InChI is InChI=1S/C25H36F4Si/c26-13-1-2-14-30-15-11-22(12-16-30)21-8-5-19(6-9-21)3-4-20-7-10-23(18-25(28)29)24(27)17-20/h7,10,17-19,21-22,30H,1-6,8-9,11-16H2/t19?,21?,22-,30-. The number of unbranched alkanes of at least 4 members (excludes halogenated alkanes) is 1. The van der Waals surface area contributed by atoms with Crippen LogP contribution in [-0.2, 0) is 6.42 Å². The lowest BCUT2D eigenvalue weighted by atomic mass is 9.73. The summed E-state index contributed by atoms with van der Waals surface area (Å²) < 4.78 is 50.9. The highest BCUT2D eigenvalue weighted by molar-refractivity contribution is 6.58. The lowest BCUT2D eigenvalue weighted by Crippen LogP contribution is -2.28. The van der Waals surface area contributed by atoms with E-state index in [9.17, 15) is 17.6 Å². The fourth-order valence-corrected chi connectivity index (χ4v) is 9.29. The van der Waals surface area contributed by atoms with E-state index in [-0.39, 0.29) is 12.2 Å². The van der Waals surface area contributed by atoms with Gasteiger partial charge in [-0.15, -0.1) is 0 Å². The molecule has 1 aromatic carbocycles. The smallest absolute Gasteiger partial charge is 0.251 e. The Bertz CT molecular complexity index is 670. The summed E-state index contributed by atoms with van der Waals surface area (Å²) in [5, 5.41) is 0. The minimum absolute atomic E-state index is 0.0422. The lowest BCUT2D eigenvalue weighted by molar-refractivity contribution is 0.186. The average molecular weight is 441 g/mol. The quantitative estimate of drug-likeness (QED) is 0.206. The molecular formula is C25H36F4Si. The van der Waals surface area contributed by atoms with E-state index in [1.165, 1.54) is 68.8 Å².